The van der Waals surface area contributed by atoms with Gasteiger partial charge in [0.2, 0.25) is 10.0 Å². The van der Waals surface area contributed by atoms with Crippen molar-refractivity contribution in [2.45, 2.75) is 10.9 Å². The topological polar surface area (TPSA) is 55.4 Å². The van der Waals surface area contributed by atoms with Crippen molar-refractivity contribution >= 4 is 41.9 Å². The molecule has 1 rings (SSSR count). The van der Waals surface area contributed by atoms with Gasteiger partial charge in [0.15, 0.2) is 0 Å². The van der Waals surface area contributed by atoms with Gasteiger partial charge in [-0.05, 0) is 18.2 Å². The van der Waals surface area contributed by atoms with Gasteiger partial charge in [0.05, 0.1) is 12.6 Å². The molecule has 1 aromatic rings. The second-order valence-electron chi connectivity index (χ2n) is 3.50. The molecular formula is C10H12Br2FNO3S. The van der Waals surface area contributed by atoms with E-state index in [1.54, 1.807) is 0 Å². The molecule has 0 fully saturated rings. The van der Waals surface area contributed by atoms with Crippen LogP contribution in [0.1, 0.15) is 0 Å². The summed E-state index contributed by atoms with van der Waals surface area (Å²) in [6.45, 7) is 0.197. The molecule has 0 aliphatic rings. The Labute approximate surface area is 122 Å². The normalized spacial score (nSPS) is 13.6. The predicted octanol–water partition coefficient (Wildman–Crippen LogP) is 2.28. The van der Waals surface area contributed by atoms with Gasteiger partial charge in [-0.25, -0.2) is 17.5 Å². The second-order valence-corrected chi connectivity index (χ2v) is 6.75. The minimum absolute atomic E-state index is 0.197. The Morgan fingerprint density at radius 1 is 1.50 bits per heavy atom. The highest BCUT2D eigenvalue weighted by atomic mass is 79.9. The highest BCUT2D eigenvalue weighted by Crippen LogP contribution is 2.19. The van der Waals surface area contributed by atoms with Gasteiger partial charge in [0.25, 0.3) is 0 Å². The number of hydrogen-bond donors (Lipinski definition) is 1. The fraction of sp³-hybridized carbons (Fsp3) is 0.400. The lowest BCUT2D eigenvalue weighted by atomic mass is 10.3. The van der Waals surface area contributed by atoms with Gasteiger partial charge in [-0.2, -0.15) is 0 Å². The van der Waals surface area contributed by atoms with Gasteiger partial charge >= 0.3 is 0 Å². The van der Waals surface area contributed by atoms with Crippen LogP contribution in [0.4, 0.5) is 4.39 Å². The van der Waals surface area contributed by atoms with E-state index in [-0.39, 0.29) is 11.5 Å². The lowest BCUT2D eigenvalue weighted by Crippen LogP contribution is -2.39. The van der Waals surface area contributed by atoms with Gasteiger partial charge in [0, 0.05) is 16.9 Å². The van der Waals surface area contributed by atoms with E-state index in [1.165, 1.54) is 19.2 Å². The number of rotatable bonds is 6. The first-order chi connectivity index (χ1) is 8.40. The maximum Gasteiger partial charge on any atom is 0.243 e. The number of sulfonamides is 1. The zero-order valence-corrected chi connectivity index (χ0v) is 13.5. The van der Waals surface area contributed by atoms with Crippen molar-refractivity contribution in [2.75, 3.05) is 19.0 Å². The van der Waals surface area contributed by atoms with E-state index in [9.17, 15) is 12.8 Å². The summed E-state index contributed by atoms with van der Waals surface area (Å²) in [7, 11) is -2.43. The van der Waals surface area contributed by atoms with Gasteiger partial charge in [-0.3, -0.25) is 0 Å². The van der Waals surface area contributed by atoms with Crippen LogP contribution in [-0.4, -0.2) is 33.5 Å². The largest absolute Gasteiger partial charge is 0.383 e. The fourth-order valence-electron chi connectivity index (χ4n) is 1.29. The van der Waals surface area contributed by atoms with Crippen LogP contribution < -0.4 is 4.72 Å². The molecule has 1 atom stereocenters. The van der Waals surface area contributed by atoms with Gasteiger partial charge < -0.3 is 4.74 Å². The molecule has 0 spiro atoms. The monoisotopic (exact) mass is 403 g/mol. The third kappa shape index (κ3) is 4.27. The molecule has 1 unspecified atom stereocenters. The SMILES string of the molecule is COCC(CBr)NS(=O)(=O)c1ccc(Br)cc1F. The molecule has 0 aromatic heterocycles. The number of halogens is 3. The third-order valence-corrected chi connectivity index (χ3v) is 4.89. The van der Waals surface area contributed by atoms with Crippen molar-refractivity contribution in [3.63, 3.8) is 0 Å². The van der Waals surface area contributed by atoms with Crippen LogP contribution in [0.3, 0.4) is 0 Å². The van der Waals surface area contributed by atoms with Crippen LogP contribution in [0.2, 0.25) is 0 Å². The third-order valence-electron chi connectivity index (χ3n) is 2.06. The maximum atomic E-state index is 13.6. The number of benzene rings is 1. The highest BCUT2D eigenvalue weighted by molar-refractivity contribution is 9.10. The van der Waals surface area contributed by atoms with Crippen molar-refractivity contribution in [3.8, 4) is 0 Å². The Kier molecular flexibility index (Phi) is 6.19. The van der Waals surface area contributed by atoms with Crippen molar-refractivity contribution in [1.82, 2.24) is 4.72 Å². The molecule has 0 aliphatic carbocycles. The van der Waals surface area contributed by atoms with E-state index >= 15 is 0 Å². The number of methoxy groups -OCH3 is 1. The summed E-state index contributed by atoms with van der Waals surface area (Å²) in [5.41, 5.74) is 0. The molecule has 0 bridgehead atoms. The lowest BCUT2D eigenvalue weighted by Gasteiger charge is -2.15. The van der Waals surface area contributed by atoms with E-state index in [4.69, 9.17) is 4.74 Å². The molecular weight excluding hydrogens is 393 g/mol. The van der Waals surface area contributed by atoms with Crippen LogP contribution in [0.5, 0.6) is 0 Å². The molecule has 18 heavy (non-hydrogen) atoms. The van der Waals surface area contributed by atoms with Gasteiger partial charge in [-0.1, -0.05) is 31.9 Å². The van der Waals surface area contributed by atoms with Crippen LogP contribution in [0.15, 0.2) is 27.6 Å². The molecule has 1 aromatic carbocycles. The predicted molar refractivity (Wildman–Crippen MR) is 73.9 cm³/mol. The van der Waals surface area contributed by atoms with E-state index in [2.05, 4.69) is 36.6 Å². The van der Waals surface area contributed by atoms with Crippen molar-refractivity contribution < 1.29 is 17.5 Å². The van der Waals surface area contributed by atoms with E-state index < -0.39 is 21.9 Å². The first kappa shape index (κ1) is 16.0. The Morgan fingerprint density at radius 3 is 2.67 bits per heavy atom. The van der Waals surface area contributed by atoms with Gasteiger partial charge in [0.1, 0.15) is 10.7 Å². The van der Waals surface area contributed by atoms with Crippen LogP contribution in [0, 0.1) is 5.82 Å². The van der Waals surface area contributed by atoms with E-state index in [0.717, 1.165) is 6.07 Å². The van der Waals surface area contributed by atoms with Crippen LogP contribution in [-0.2, 0) is 14.8 Å². The second kappa shape index (κ2) is 6.95. The van der Waals surface area contributed by atoms with Gasteiger partial charge in [-0.15, -0.1) is 0 Å². The Hall–Kier alpha value is -0.0200. The number of hydrogen-bond acceptors (Lipinski definition) is 3. The summed E-state index contributed by atoms with van der Waals surface area (Å²) in [5.74, 6) is -0.803. The Balaban J connectivity index is 2.99. The molecule has 0 saturated heterocycles. The average Bonchev–Trinajstić information content (AvgIpc) is 2.27. The molecule has 0 aliphatic heterocycles. The molecule has 1 N–H and O–H groups in total. The van der Waals surface area contributed by atoms with Crippen molar-refractivity contribution in [3.05, 3.63) is 28.5 Å². The van der Waals surface area contributed by atoms with Crippen LogP contribution >= 0.6 is 31.9 Å². The number of alkyl halides is 1. The van der Waals surface area contributed by atoms with Crippen molar-refractivity contribution in [2.24, 2.45) is 0 Å². The summed E-state index contributed by atoms with van der Waals surface area (Å²) < 4.78 is 45.2. The molecule has 102 valence electrons. The fourth-order valence-corrected chi connectivity index (χ4v) is 3.46. The molecule has 0 heterocycles. The smallest absolute Gasteiger partial charge is 0.243 e. The first-order valence-electron chi connectivity index (χ1n) is 4.93. The summed E-state index contributed by atoms with van der Waals surface area (Å²) in [6, 6.07) is 3.33. The molecule has 0 saturated carbocycles. The zero-order valence-electron chi connectivity index (χ0n) is 9.49. The minimum atomic E-state index is -3.90. The summed E-state index contributed by atoms with van der Waals surface area (Å²) >= 11 is 6.23. The average molecular weight is 405 g/mol. The lowest BCUT2D eigenvalue weighted by molar-refractivity contribution is 0.182. The molecule has 8 heteroatoms. The summed E-state index contributed by atoms with van der Waals surface area (Å²) in [5, 5.41) is 0.373. The van der Waals surface area contributed by atoms with Crippen LogP contribution in [0.25, 0.3) is 0 Å². The summed E-state index contributed by atoms with van der Waals surface area (Å²) in [4.78, 5) is -0.382. The molecule has 4 nitrogen and oxygen atoms in total. The zero-order chi connectivity index (χ0) is 13.8. The summed E-state index contributed by atoms with van der Waals surface area (Å²) in [6.07, 6.45) is 0. The number of nitrogens with one attached hydrogen (secondary N) is 1. The quantitative estimate of drug-likeness (QED) is 0.740. The first-order valence-corrected chi connectivity index (χ1v) is 8.32. The van der Waals surface area contributed by atoms with Crippen molar-refractivity contribution in [1.29, 1.82) is 0 Å². The standard InChI is InChI=1S/C10H12Br2FNO3S/c1-17-6-8(5-11)14-18(15,16)10-3-2-7(12)4-9(10)13/h2-4,8,14H,5-6H2,1H3. The highest BCUT2D eigenvalue weighted by Gasteiger charge is 2.22. The molecule has 0 amide bonds. The Bertz CT molecular complexity index is 510. The van der Waals surface area contributed by atoms with E-state index in [0.29, 0.717) is 9.80 Å². The minimum Gasteiger partial charge on any atom is -0.383 e. The van der Waals surface area contributed by atoms with E-state index in [1.807, 2.05) is 0 Å². The number of ether oxygens (including phenoxy) is 1. The molecule has 0 radical (unpaired) electrons. The maximum absolute atomic E-state index is 13.6. The Morgan fingerprint density at radius 2 is 2.17 bits per heavy atom.